The summed E-state index contributed by atoms with van der Waals surface area (Å²) >= 11 is 0. The van der Waals surface area contributed by atoms with E-state index in [4.69, 9.17) is 4.74 Å². The van der Waals surface area contributed by atoms with Crippen LogP contribution in [0.4, 0.5) is 0 Å². The van der Waals surface area contributed by atoms with E-state index < -0.39 is 29.3 Å². The Balaban J connectivity index is 1.96. The molecule has 3 amide bonds. The summed E-state index contributed by atoms with van der Waals surface area (Å²) < 4.78 is 5.35. The van der Waals surface area contributed by atoms with Gasteiger partial charge in [0.2, 0.25) is 5.91 Å². The highest BCUT2D eigenvalue weighted by Crippen LogP contribution is 2.17. The lowest BCUT2D eigenvalue weighted by atomic mass is 9.95. The second-order valence-corrected chi connectivity index (χ2v) is 7.63. The highest BCUT2D eigenvalue weighted by molar-refractivity contribution is 6.12. The van der Waals surface area contributed by atoms with Crippen molar-refractivity contribution < 1.29 is 23.9 Å². The SMILES string of the molecule is CC(C)(C)OC(=O)C[C@@H](Cc1ccccc1)C(=O)NCCN1C(=O)C=CC1=O. The number of nitrogens with one attached hydrogen (secondary N) is 1. The first-order valence-corrected chi connectivity index (χ1v) is 9.23. The van der Waals surface area contributed by atoms with E-state index in [-0.39, 0.29) is 25.4 Å². The molecule has 1 heterocycles. The normalized spacial score (nSPS) is 14.9. The fourth-order valence-electron chi connectivity index (χ4n) is 2.83. The first-order chi connectivity index (χ1) is 13.2. The van der Waals surface area contributed by atoms with Gasteiger partial charge in [0.05, 0.1) is 12.3 Å². The molecule has 1 atom stereocenters. The highest BCUT2D eigenvalue weighted by atomic mass is 16.6. The average Bonchev–Trinajstić information content (AvgIpc) is 2.92. The summed E-state index contributed by atoms with van der Waals surface area (Å²) in [4.78, 5) is 49.1. The van der Waals surface area contributed by atoms with Gasteiger partial charge < -0.3 is 10.1 Å². The van der Waals surface area contributed by atoms with Crippen molar-refractivity contribution >= 4 is 23.7 Å². The number of carbonyl (C=O) groups excluding carboxylic acids is 4. The Kier molecular flexibility index (Phi) is 7.09. The molecule has 2 rings (SSSR count). The number of rotatable bonds is 8. The van der Waals surface area contributed by atoms with Gasteiger partial charge in [0.1, 0.15) is 5.60 Å². The lowest BCUT2D eigenvalue weighted by molar-refractivity contribution is -0.157. The quantitative estimate of drug-likeness (QED) is 0.541. The van der Waals surface area contributed by atoms with E-state index in [1.54, 1.807) is 20.8 Å². The average molecular weight is 386 g/mol. The molecule has 150 valence electrons. The molecule has 0 fully saturated rings. The van der Waals surface area contributed by atoms with Crippen molar-refractivity contribution in [3.63, 3.8) is 0 Å². The molecule has 1 aromatic carbocycles. The van der Waals surface area contributed by atoms with Gasteiger partial charge in [-0.1, -0.05) is 30.3 Å². The lowest BCUT2D eigenvalue weighted by Crippen LogP contribution is -2.41. The van der Waals surface area contributed by atoms with Gasteiger partial charge in [0.15, 0.2) is 0 Å². The van der Waals surface area contributed by atoms with E-state index in [2.05, 4.69) is 5.32 Å². The maximum absolute atomic E-state index is 12.7. The highest BCUT2D eigenvalue weighted by Gasteiger charge is 2.27. The summed E-state index contributed by atoms with van der Waals surface area (Å²) in [5.74, 6) is -2.16. The fourth-order valence-corrected chi connectivity index (χ4v) is 2.83. The standard InChI is InChI=1S/C21H26N2O5/c1-21(2,3)28-19(26)14-16(13-15-7-5-4-6-8-15)20(27)22-11-12-23-17(24)9-10-18(23)25/h4-10,16H,11-14H2,1-3H3,(H,22,27)/t16-/m1/s1. The van der Waals surface area contributed by atoms with E-state index in [9.17, 15) is 19.2 Å². The van der Waals surface area contributed by atoms with Gasteiger partial charge in [0, 0.05) is 25.2 Å². The monoisotopic (exact) mass is 386 g/mol. The van der Waals surface area contributed by atoms with Crippen molar-refractivity contribution in [3.05, 3.63) is 48.0 Å². The Labute approximate surface area is 164 Å². The summed E-state index contributed by atoms with van der Waals surface area (Å²) in [5.41, 5.74) is 0.300. The molecule has 0 aliphatic carbocycles. The Morgan fingerprint density at radius 3 is 2.25 bits per heavy atom. The molecule has 0 radical (unpaired) electrons. The third-order valence-corrected chi connectivity index (χ3v) is 4.06. The van der Waals surface area contributed by atoms with Crippen LogP contribution < -0.4 is 5.32 Å². The number of nitrogens with zero attached hydrogens (tertiary/aromatic N) is 1. The molecule has 1 aromatic rings. The molecule has 28 heavy (non-hydrogen) atoms. The van der Waals surface area contributed by atoms with Crippen LogP contribution in [0.1, 0.15) is 32.8 Å². The molecule has 7 nitrogen and oxygen atoms in total. The molecule has 0 spiro atoms. The predicted molar refractivity (Wildman–Crippen MR) is 103 cm³/mol. The van der Waals surface area contributed by atoms with Crippen molar-refractivity contribution in [1.82, 2.24) is 10.2 Å². The van der Waals surface area contributed by atoms with Crippen molar-refractivity contribution in [2.75, 3.05) is 13.1 Å². The van der Waals surface area contributed by atoms with Crippen molar-refractivity contribution in [2.45, 2.75) is 39.2 Å². The van der Waals surface area contributed by atoms with Gasteiger partial charge in [-0.2, -0.15) is 0 Å². The summed E-state index contributed by atoms with van der Waals surface area (Å²) in [7, 11) is 0. The van der Waals surface area contributed by atoms with Crippen LogP contribution in [0.5, 0.6) is 0 Å². The molecule has 1 aliphatic heterocycles. The molecule has 0 unspecified atom stereocenters. The zero-order chi connectivity index (χ0) is 20.7. The Morgan fingerprint density at radius 1 is 1.07 bits per heavy atom. The molecular formula is C21H26N2O5. The predicted octanol–water partition coefficient (Wildman–Crippen LogP) is 1.62. The third-order valence-electron chi connectivity index (χ3n) is 4.06. The van der Waals surface area contributed by atoms with E-state index in [0.29, 0.717) is 6.42 Å². The van der Waals surface area contributed by atoms with Crippen LogP contribution in [0.2, 0.25) is 0 Å². The van der Waals surface area contributed by atoms with Crippen molar-refractivity contribution in [3.8, 4) is 0 Å². The van der Waals surface area contributed by atoms with Crippen LogP contribution in [0.15, 0.2) is 42.5 Å². The van der Waals surface area contributed by atoms with Crippen LogP contribution in [0.25, 0.3) is 0 Å². The van der Waals surface area contributed by atoms with Gasteiger partial charge in [-0.05, 0) is 32.8 Å². The number of hydrogen-bond donors (Lipinski definition) is 1. The second-order valence-electron chi connectivity index (χ2n) is 7.63. The maximum atomic E-state index is 12.7. The van der Waals surface area contributed by atoms with E-state index in [1.165, 1.54) is 12.2 Å². The number of carbonyl (C=O) groups is 4. The molecule has 0 saturated heterocycles. The van der Waals surface area contributed by atoms with Crippen LogP contribution in [0.3, 0.4) is 0 Å². The number of esters is 1. The number of benzene rings is 1. The third kappa shape index (κ3) is 6.64. The second kappa shape index (κ2) is 9.30. The molecule has 0 saturated carbocycles. The molecule has 7 heteroatoms. The first-order valence-electron chi connectivity index (χ1n) is 9.23. The lowest BCUT2D eigenvalue weighted by Gasteiger charge is -2.22. The van der Waals surface area contributed by atoms with Gasteiger partial charge in [-0.15, -0.1) is 0 Å². The number of amides is 3. The number of imide groups is 1. The van der Waals surface area contributed by atoms with Crippen LogP contribution in [-0.4, -0.2) is 47.3 Å². The van der Waals surface area contributed by atoms with Gasteiger partial charge in [-0.25, -0.2) is 0 Å². The van der Waals surface area contributed by atoms with E-state index >= 15 is 0 Å². The zero-order valence-corrected chi connectivity index (χ0v) is 16.4. The van der Waals surface area contributed by atoms with Crippen LogP contribution >= 0.6 is 0 Å². The molecule has 0 bridgehead atoms. The van der Waals surface area contributed by atoms with E-state index in [0.717, 1.165) is 10.5 Å². The van der Waals surface area contributed by atoms with Gasteiger partial charge in [0.25, 0.3) is 11.8 Å². The van der Waals surface area contributed by atoms with Crippen molar-refractivity contribution in [1.29, 1.82) is 0 Å². The number of ether oxygens (including phenoxy) is 1. The molecule has 0 aromatic heterocycles. The molecular weight excluding hydrogens is 360 g/mol. The molecule has 1 aliphatic rings. The zero-order valence-electron chi connectivity index (χ0n) is 16.4. The Morgan fingerprint density at radius 2 is 1.68 bits per heavy atom. The minimum absolute atomic E-state index is 0.0544. The summed E-state index contributed by atoms with van der Waals surface area (Å²) in [6.07, 6.45) is 2.73. The minimum Gasteiger partial charge on any atom is -0.460 e. The molecule has 1 N–H and O–H groups in total. The number of hydrogen-bond acceptors (Lipinski definition) is 5. The summed E-state index contributed by atoms with van der Waals surface area (Å²) in [6, 6.07) is 9.40. The van der Waals surface area contributed by atoms with E-state index in [1.807, 2.05) is 30.3 Å². The minimum atomic E-state index is -0.631. The Hall–Kier alpha value is -2.96. The van der Waals surface area contributed by atoms with Gasteiger partial charge >= 0.3 is 5.97 Å². The maximum Gasteiger partial charge on any atom is 0.307 e. The largest absolute Gasteiger partial charge is 0.460 e. The summed E-state index contributed by atoms with van der Waals surface area (Å²) in [5, 5.41) is 2.72. The fraction of sp³-hybridized carbons (Fsp3) is 0.429. The van der Waals surface area contributed by atoms with Gasteiger partial charge in [-0.3, -0.25) is 24.1 Å². The Bertz CT molecular complexity index is 747. The smallest absolute Gasteiger partial charge is 0.307 e. The first kappa shape index (κ1) is 21.3. The summed E-state index contributed by atoms with van der Waals surface area (Å²) in [6.45, 7) is 5.53. The van der Waals surface area contributed by atoms with Crippen LogP contribution in [0, 0.1) is 5.92 Å². The van der Waals surface area contributed by atoms with Crippen molar-refractivity contribution in [2.24, 2.45) is 5.92 Å². The van der Waals surface area contributed by atoms with Crippen LogP contribution in [-0.2, 0) is 30.3 Å². The topological polar surface area (TPSA) is 92.8 Å².